The Morgan fingerprint density at radius 3 is 2.82 bits per heavy atom. The molecule has 3 aromatic rings. The summed E-state index contributed by atoms with van der Waals surface area (Å²) in [5.74, 6) is 2.28. The molecule has 0 aromatic carbocycles. The predicted molar refractivity (Wildman–Crippen MR) is 83.7 cm³/mol. The van der Waals surface area contributed by atoms with E-state index in [4.69, 9.17) is 16.0 Å². The van der Waals surface area contributed by atoms with Crippen LogP contribution in [0.1, 0.15) is 11.5 Å². The number of fused-ring (bicyclic) bond motifs is 1. The summed E-state index contributed by atoms with van der Waals surface area (Å²) < 4.78 is 5.85. The zero-order valence-corrected chi connectivity index (χ0v) is 12.5. The summed E-state index contributed by atoms with van der Waals surface area (Å²) >= 11 is 6.23. The second-order valence-electron chi connectivity index (χ2n) is 5.08. The predicted octanol–water partition coefficient (Wildman–Crippen LogP) is 3.35. The van der Waals surface area contributed by atoms with Crippen molar-refractivity contribution in [3.63, 3.8) is 0 Å². The first-order valence-corrected chi connectivity index (χ1v) is 7.44. The van der Waals surface area contributed by atoms with Crippen LogP contribution in [0.2, 0.25) is 5.02 Å². The number of oxazole rings is 1. The minimum absolute atomic E-state index is 0.569. The highest BCUT2D eigenvalue weighted by Crippen LogP contribution is 2.30. The quantitative estimate of drug-likeness (QED) is 0.726. The molecule has 0 saturated carbocycles. The van der Waals surface area contributed by atoms with Gasteiger partial charge in [0.2, 0.25) is 5.89 Å². The normalized spacial score (nSPS) is 14.0. The number of halogens is 1. The van der Waals surface area contributed by atoms with Gasteiger partial charge in [0.15, 0.2) is 0 Å². The Labute approximate surface area is 132 Å². The lowest BCUT2D eigenvalue weighted by atomic mass is 10.1. The number of anilines is 1. The van der Waals surface area contributed by atoms with Gasteiger partial charge in [0, 0.05) is 25.4 Å². The van der Waals surface area contributed by atoms with E-state index in [9.17, 15) is 0 Å². The molecule has 0 aliphatic carbocycles. The van der Waals surface area contributed by atoms with Gasteiger partial charge in [0.05, 0.1) is 11.6 Å². The summed E-state index contributed by atoms with van der Waals surface area (Å²) in [4.78, 5) is 15.3. The van der Waals surface area contributed by atoms with Crippen LogP contribution in [0.25, 0.3) is 11.6 Å². The Kier molecular flexibility index (Phi) is 3.27. The molecule has 22 heavy (non-hydrogen) atoms. The van der Waals surface area contributed by atoms with E-state index in [0.29, 0.717) is 17.5 Å². The smallest absolute Gasteiger partial charge is 0.245 e. The maximum Gasteiger partial charge on any atom is 0.245 e. The van der Waals surface area contributed by atoms with Gasteiger partial charge in [-0.05, 0) is 24.3 Å². The van der Waals surface area contributed by atoms with Crippen LogP contribution in [0.5, 0.6) is 0 Å². The second kappa shape index (κ2) is 5.42. The Morgan fingerprint density at radius 1 is 1.09 bits per heavy atom. The molecule has 4 rings (SSSR count). The Balaban J connectivity index is 1.64. The highest BCUT2D eigenvalue weighted by molar-refractivity contribution is 6.32. The maximum atomic E-state index is 6.23. The number of rotatable bonds is 2. The van der Waals surface area contributed by atoms with E-state index < -0.39 is 0 Å². The summed E-state index contributed by atoms with van der Waals surface area (Å²) in [6.45, 7) is 1.45. The van der Waals surface area contributed by atoms with Crippen LogP contribution >= 0.6 is 11.6 Å². The van der Waals surface area contributed by atoms with Crippen molar-refractivity contribution >= 4 is 17.4 Å². The van der Waals surface area contributed by atoms with Gasteiger partial charge < -0.3 is 9.32 Å². The van der Waals surface area contributed by atoms with Gasteiger partial charge >= 0.3 is 0 Å². The molecular formula is C16H13ClN4O. The van der Waals surface area contributed by atoms with Crippen LogP contribution in [0, 0.1) is 0 Å². The van der Waals surface area contributed by atoms with Gasteiger partial charge in [-0.3, -0.25) is 4.98 Å². The van der Waals surface area contributed by atoms with Gasteiger partial charge in [-0.25, -0.2) is 9.97 Å². The third-order valence-electron chi connectivity index (χ3n) is 3.65. The van der Waals surface area contributed by atoms with Crippen LogP contribution in [0.3, 0.4) is 0 Å². The van der Waals surface area contributed by atoms with E-state index in [-0.39, 0.29) is 0 Å². The van der Waals surface area contributed by atoms with Gasteiger partial charge in [0.25, 0.3) is 0 Å². The summed E-state index contributed by atoms with van der Waals surface area (Å²) in [7, 11) is 0. The third-order valence-corrected chi connectivity index (χ3v) is 3.95. The molecule has 0 bridgehead atoms. The average Bonchev–Trinajstić information content (AvgIpc) is 2.99. The molecule has 4 heterocycles. The average molecular weight is 313 g/mol. The lowest BCUT2D eigenvalue weighted by Gasteiger charge is -2.26. The molecule has 0 spiro atoms. The molecule has 0 N–H and O–H groups in total. The van der Waals surface area contributed by atoms with E-state index in [1.165, 1.54) is 0 Å². The molecule has 3 aromatic heterocycles. The molecule has 0 saturated heterocycles. The van der Waals surface area contributed by atoms with Crippen LogP contribution in [0.4, 0.5) is 5.82 Å². The van der Waals surface area contributed by atoms with Crippen molar-refractivity contribution in [2.75, 3.05) is 11.4 Å². The first-order valence-electron chi connectivity index (χ1n) is 7.07. The van der Waals surface area contributed by atoms with E-state index in [2.05, 4.69) is 19.9 Å². The lowest BCUT2D eigenvalue weighted by Crippen LogP contribution is -2.30. The van der Waals surface area contributed by atoms with E-state index >= 15 is 0 Å². The van der Waals surface area contributed by atoms with Crippen LogP contribution in [-0.2, 0) is 13.0 Å². The third kappa shape index (κ3) is 2.33. The zero-order valence-electron chi connectivity index (χ0n) is 11.7. The van der Waals surface area contributed by atoms with Crippen LogP contribution in [-0.4, -0.2) is 21.5 Å². The first kappa shape index (κ1) is 13.3. The first-order chi connectivity index (χ1) is 10.8. The minimum Gasteiger partial charge on any atom is -0.439 e. The zero-order chi connectivity index (χ0) is 14.9. The fourth-order valence-electron chi connectivity index (χ4n) is 2.59. The van der Waals surface area contributed by atoms with Crippen molar-refractivity contribution in [3.8, 4) is 11.6 Å². The van der Waals surface area contributed by atoms with E-state index in [0.717, 1.165) is 35.9 Å². The maximum absolute atomic E-state index is 6.23. The molecule has 0 amide bonds. The minimum atomic E-state index is 0.569. The lowest BCUT2D eigenvalue weighted by molar-refractivity contribution is 0.497. The van der Waals surface area contributed by atoms with Gasteiger partial charge in [0.1, 0.15) is 23.0 Å². The number of nitrogens with zero attached hydrogens (tertiary/aromatic N) is 4. The molecule has 1 aliphatic rings. The largest absolute Gasteiger partial charge is 0.439 e. The Bertz CT molecular complexity index is 803. The monoisotopic (exact) mass is 312 g/mol. The summed E-state index contributed by atoms with van der Waals surface area (Å²) in [6, 6.07) is 9.37. The van der Waals surface area contributed by atoms with Crippen LogP contribution < -0.4 is 4.90 Å². The molecular weight excluding hydrogens is 300 g/mol. The highest BCUT2D eigenvalue weighted by atomic mass is 35.5. The van der Waals surface area contributed by atoms with Crippen molar-refractivity contribution in [1.82, 2.24) is 15.0 Å². The fraction of sp³-hybridized carbons (Fsp3) is 0.188. The summed E-state index contributed by atoms with van der Waals surface area (Å²) in [5, 5.41) is 0.652. The van der Waals surface area contributed by atoms with Gasteiger partial charge in [-0.1, -0.05) is 17.7 Å². The molecule has 0 unspecified atom stereocenters. The summed E-state index contributed by atoms with van der Waals surface area (Å²) in [5.41, 5.74) is 1.67. The Hall–Kier alpha value is -2.40. The molecule has 110 valence electrons. The Morgan fingerprint density at radius 2 is 2.00 bits per heavy atom. The number of hydrogen-bond donors (Lipinski definition) is 0. The van der Waals surface area contributed by atoms with E-state index in [1.807, 2.05) is 30.3 Å². The molecule has 0 fully saturated rings. The standard InChI is InChI=1S/C16H13ClN4O/c17-11-4-3-8-19-15(11)21-9-6-14-13(10-21)20-16(22-14)12-5-1-2-7-18-12/h1-5,7-8H,6,9-10H2. The fourth-order valence-corrected chi connectivity index (χ4v) is 2.83. The topological polar surface area (TPSA) is 55.1 Å². The van der Waals surface area contributed by atoms with Crippen molar-refractivity contribution in [2.24, 2.45) is 0 Å². The van der Waals surface area contributed by atoms with Gasteiger partial charge in [-0.15, -0.1) is 0 Å². The van der Waals surface area contributed by atoms with Gasteiger partial charge in [-0.2, -0.15) is 0 Å². The van der Waals surface area contributed by atoms with E-state index in [1.54, 1.807) is 12.4 Å². The van der Waals surface area contributed by atoms with Crippen molar-refractivity contribution in [3.05, 3.63) is 59.2 Å². The molecule has 0 atom stereocenters. The number of pyridine rings is 2. The van der Waals surface area contributed by atoms with Crippen molar-refractivity contribution in [1.29, 1.82) is 0 Å². The van der Waals surface area contributed by atoms with Crippen LogP contribution in [0.15, 0.2) is 47.1 Å². The molecule has 0 radical (unpaired) electrons. The van der Waals surface area contributed by atoms with Crippen molar-refractivity contribution in [2.45, 2.75) is 13.0 Å². The summed E-state index contributed by atoms with van der Waals surface area (Å²) in [6.07, 6.45) is 4.26. The number of aromatic nitrogens is 3. The highest BCUT2D eigenvalue weighted by Gasteiger charge is 2.24. The second-order valence-corrected chi connectivity index (χ2v) is 5.49. The SMILES string of the molecule is Clc1cccnc1N1CCc2oc(-c3ccccn3)nc2C1. The molecule has 6 heteroatoms. The number of hydrogen-bond acceptors (Lipinski definition) is 5. The molecule has 1 aliphatic heterocycles. The van der Waals surface area contributed by atoms with Crippen molar-refractivity contribution < 1.29 is 4.42 Å². The molecule has 5 nitrogen and oxygen atoms in total.